The lowest BCUT2D eigenvalue weighted by molar-refractivity contribution is 0.408. The minimum Gasteiger partial charge on any atom is -0.464 e. The molecule has 0 radical (unpaired) electrons. The Morgan fingerprint density at radius 1 is 1.24 bits per heavy atom. The fraction of sp³-hybridized carbons (Fsp3) is 0.444. The summed E-state index contributed by atoms with van der Waals surface area (Å²) in [6.45, 7) is 11.4. The highest BCUT2D eigenvalue weighted by Crippen LogP contribution is 2.38. The number of rotatable bonds is 2. The maximum Gasteiger partial charge on any atom is 0.219 e. The van der Waals surface area contributed by atoms with E-state index in [1.54, 1.807) is 0 Å². The van der Waals surface area contributed by atoms with Crippen molar-refractivity contribution in [2.45, 2.75) is 52.3 Å². The molecule has 2 heterocycles. The summed E-state index contributed by atoms with van der Waals surface area (Å²) in [7, 11) is 0. The molecule has 1 aliphatic heterocycles. The second kappa shape index (κ2) is 4.69. The second-order valence-corrected chi connectivity index (χ2v) is 6.97. The van der Waals surface area contributed by atoms with Crippen LogP contribution >= 0.6 is 0 Å². The van der Waals surface area contributed by atoms with Crippen molar-refractivity contribution in [2.75, 3.05) is 5.73 Å². The molecule has 0 spiro atoms. The molecule has 21 heavy (non-hydrogen) atoms. The number of anilines is 1. The predicted octanol–water partition coefficient (Wildman–Crippen LogP) is 3.08. The highest BCUT2D eigenvalue weighted by molar-refractivity contribution is 6.88. The van der Waals surface area contributed by atoms with E-state index in [2.05, 4.69) is 58.9 Å². The quantitative estimate of drug-likeness (QED) is 0.859. The van der Waals surface area contributed by atoms with Gasteiger partial charge in [0.1, 0.15) is 11.5 Å². The largest absolute Gasteiger partial charge is 0.464 e. The summed E-state index contributed by atoms with van der Waals surface area (Å²) in [6, 6.07) is 8.74. The van der Waals surface area contributed by atoms with Crippen LogP contribution in [-0.2, 0) is 11.8 Å². The summed E-state index contributed by atoms with van der Waals surface area (Å²) in [6.07, 6.45) is 0.843. The molecule has 3 rings (SSSR count). The van der Waals surface area contributed by atoms with E-state index in [1.807, 2.05) is 0 Å². The van der Waals surface area contributed by atoms with Gasteiger partial charge >= 0.3 is 0 Å². The van der Waals surface area contributed by atoms with Crippen molar-refractivity contribution in [1.29, 1.82) is 0 Å². The minimum absolute atomic E-state index is 0.126. The summed E-state index contributed by atoms with van der Waals surface area (Å²) >= 11 is 0. The summed E-state index contributed by atoms with van der Waals surface area (Å²) in [5.74, 6) is 2.49. The van der Waals surface area contributed by atoms with Gasteiger partial charge in [0.05, 0.1) is 5.69 Å². The molecule has 0 saturated carbocycles. The molecule has 110 valence electrons. The summed E-state index contributed by atoms with van der Waals surface area (Å²) < 4.78 is 6.21. The first-order valence-corrected chi connectivity index (χ1v) is 7.90. The van der Waals surface area contributed by atoms with E-state index in [9.17, 15) is 0 Å². The summed E-state index contributed by atoms with van der Waals surface area (Å²) in [5.41, 5.74) is 11.2. The van der Waals surface area contributed by atoms with E-state index in [1.165, 1.54) is 16.5 Å². The first-order valence-electron chi connectivity index (χ1n) is 7.90. The van der Waals surface area contributed by atoms with Crippen LogP contribution in [0.3, 0.4) is 0 Å². The molecule has 0 aliphatic carbocycles. The molecule has 2 nitrogen and oxygen atoms in total. The zero-order valence-electron chi connectivity index (χ0n) is 13.7. The van der Waals surface area contributed by atoms with Gasteiger partial charge in [0.2, 0.25) is 6.71 Å². The van der Waals surface area contributed by atoms with E-state index in [4.69, 9.17) is 10.2 Å². The van der Waals surface area contributed by atoms with Crippen molar-refractivity contribution in [3.63, 3.8) is 0 Å². The molecule has 0 unspecified atom stereocenters. The van der Waals surface area contributed by atoms with Crippen molar-refractivity contribution in [3.05, 3.63) is 41.3 Å². The fourth-order valence-electron chi connectivity index (χ4n) is 3.85. The molecule has 0 bridgehead atoms. The van der Waals surface area contributed by atoms with Crippen LogP contribution in [0.5, 0.6) is 0 Å². The molecule has 1 aromatic carbocycles. The van der Waals surface area contributed by atoms with Gasteiger partial charge in [-0.3, -0.25) is 0 Å². The Hall–Kier alpha value is -1.64. The van der Waals surface area contributed by atoms with E-state index >= 15 is 0 Å². The topological polar surface area (TPSA) is 39.2 Å². The molecular formula is C18H24BNO. The van der Waals surface area contributed by atoms with Gasteiger partial charge in [-0.25, -0.2) is 0 Å². The van der Waals surface area contributed by atoms with Crippen LogP contribution in [0.2, 0.25) is 5.82 Å². The zero-order chi connectivity index (χ0) is 15.4. The highest BCUT2D eigenvalue weighted by Gasteiger charge is 2.44. The first kappa shape index (κ1) is 14.3. The number of nitrogens with two attached hydrogens (primary N) is 1. The Labute approximate surface area is 127 Å². The SMILES string of the molecule is CCc1oc2c(c1N)B(C(C)C)c1ccccc1C2(C)C. The van der Waals surface area contributed by atoms with Crippen LogP contribution in [0.25, 0.3) is 0 Å². The lowest BCUT2D eigenvalue weighted by Gasteiger charge is -2.36. The lowest BCUT2D eigenvalue weighted by Crippen LogP contribution is -2.55. The minimum atomic E-state index is -0.126. The lowest BCUT2D eigenvalue weighted by atomic mass is 9.30. The molecule has 1 aliphatic rings. The maximum atomic E-state index is 6.45. The zero-order valence-corrected chi connectivity index (χ0v) is 13.7. The smallest absolute Gasteiger partial charge is 0.219 e. The maximum absolute atomic E-state index is 6.45. The number of fused-ring (bicyclic) bond motifs is 2. The van der Waals surface area contributed by atoms with Gasteiger partial charge < -0.3 is 10.2 Å². The molecule has 0 atom stereocenters. The average Bonchev–Trinajstić information content (AvgIpc) is 2.77. The Morgan fingerprint density at radius 2 is 1.90 bits per heavy atom. The summed E-state index contributed by atoms with van der Waals surface area (Å²) in [5, 5.41) is 0. The van der Waals surface area contributed by atoms with Gasteiger partial charge in [0.15, 0.2) is 0 Å². The van der Waals surface area contributed by atoms with Crippen LogP contribution in [-0.4, -0.2) is 6.71 Å². The predicted molar refractivity (Wildman–Crippen MR) is 91.2 cm³/mol. The highest BCUT2D eigenvalue weighted by atomic mass is 16.3. The monoisotopic (exact) mass is 281 g/mol. The Morgan fingerprint density at radius 3 is 2.52 bits per heavy atom. The standard InChI is InChI=1S/C18H24BNO/c1-6-14-16(20)15-17(21-14)18(4,5)12-9-7-8-10-13(12)19(15)11(2)3/h7-11H,6,20H2,1-5H3. The molecule has 2 aromatic rings. The van der Waals surface area contributed by atoms with Crippen molar-refractivity contribution < 1.29 is 4.42 Å². The van der Waals surface area contributed by atoms with Gasteiger partial charge in [-0.2, -0.15) is 0 Å². The van der Waals surface area contributed by atoms with E-state index < -0.39 is 0 Å². The van der Waals surface area contributed by atoms with E-state index in [0.29, 0.717) is 12.5 Å². The van der Waals surface area contributed by atoms with Gasteiger partial charge in [-0.15, -0.1) is 0 Å². The third kappa shape index (κ3) is 1.86. The molecule has 2 N–H and O–H groups in total. The van der Waals surface area contributed by atoms with Crippen LogP contribution in [0.4, 0.5) is 5.69 Å². The van der Waals surface area contributed by atoms with Crippen molar-refractivity contribution in [1.82, 2.24) is 0 Å². The molecule has 0 saturated heterocycles. The van der Waals surface area contributed by atoms with Gasteiger partial charge in [0, 0.05) is 11.8 Å². The normalized spacial score (nSPS) is 16.0. The third-order valence-corrected chi connectivity index (χ3v) is 4.90. The Bertz CT molecular complexity index is 685. The van der Waals surface area contributed by atoms with Gasteiger partial charge in [0.25, 0.3) is 0 Å². The average molecular weight is 281 g/mol. The second-order valence-electron chi connectivity index (χ2n) is 6.97. The molecule has 0 amide bonds. The number of aryl methyl sites for hydroxylation is 1. The number of furan rings is 1. The molecule has 1 aromatic heterocycles. The number of benzene rings is 1. The first-order chi connectivity index (χ1) is 9.89. The van der Waals surface area contributed by atoms with Crippen LogP contribution in [0.1, 0.15) is 51.7 Å². The van der Waals surface area contributed by atoms with Gasteiger partial charge in [-0.05, 0) is 24.9 Å². The number of nitrogen functional groups attached to an aromatic ring is 1. The molecule has 0 fully saturated rings. The van der Waals surface area contributed by atoms with Crippen molar-refractivity contribution in [2.24, 2.45) is 0 Å². The van der Waals surface area contributed by atoms with Crippen molar-refractivity contribution in [3.8, 4) is 0 Å². The van der Waals surface area contributed by atoms with Crippen LogP contribution in [0, 0.1) is 0 Å². The van der Waals surface area contributed by atoms with Crippen molar-refractivity contribution >= 4 is 23.3 Å². The number of hydrogen-bond acceptors (Lipinski definition) is 2. The van der Waals surface area contributed by atoms with Gasteiger partial charge in [-0.1, -0.05) is 56.3 Å². The van der Waals surface area contributed by atoms with Crippen LogP contribution in [0.15, 0.2) is 28.7 Å². The molecular weight excluding hydrogens is 257 g/mol. The molecule has 3 heteroatoms. The Balaban J connectivity index is 2.36. The van der Waals surface area contributed by atoms with E-state index in [0.717, 1.165) is 23.6 Å². The Kier molecular flexibility index (Phi) is 3.20. The fourth-order valence-corrected chi connectivity index (χ4v) is 3.85. The third-order valence-electron chi connectivity index (χ3n) is 4.90. The number of hydrogen-bond donors (Lipinski definition) is 1. The summed E-state index contributed by atoms with van der Waals surface area (Å²) in [4.78, 5) is 0. The van der Waals surface area contributed by atoms with Crippen LogP contribution < -0.4 is 16.7 Å². The van der Waals surface area contributed by atoms with E-state index in [-0.39, 0.29) is 5.41 Å².